The summed E-state index contributed by atoms with van der Waals surface area (Å²) >= 11 is 1.64. The van der Waals surface area contributed by atoms with E-state index in [1.807, 2.05) is 0 Å². The van der Waals surface area contributed by atoms with Gasteiger partial charge in [0.25, 0.3) is 0 Å². The summed E-state index contributed by atoms with van der Waals surface area (Å²) in [4.78, 5) is 15.0. The Morgan fingerprint density at radius 3 is 3.15 bits per heavy atom. The number of nitrogens with one attached hydrogen (secondary N) is 1. The molecule has 0 aromatic carbocycles. The predicted octanol–water partition coefficient (Wildman–Crippen LogP) is 0.630. The normalized spacial score (nSPS) is 24.5. The van der Waals surface area contributed by atoms with Crippen LogP contribution in [0.15, 0.2) is 4.99 Å². The monoisotopic (exact) mass is 202 g/mol. The van der Waals surface area contributed by atoms with Gasteiger partial charge in [-0.3, -0.25) is 9.79 Å². The number of nitrogens with zero attached hydrogens (tertiary/aromatic N) is 1. The van der Waals surface area contributed by atoms with Gasteiger partial charge in [-0.15, -0.1) is 0 Å². The van der Waals surface area contributed by atoms with Gasteiger partial charge in [0.2, 0.25) is 0 Å². The summed E-state index contributed by atoms with van der Waals surface area (Å²) in [6.07, 6.45) is 0. The van der Waals surface area contributed by atoms with Crippen LogP contribution in [0.4, 0.5) is 0 Å². The summed E-state index contributed by atoms with van der Waals surface area (Å²) in [5.41, 5.74) is 0. The lowest BCUT2D eigenvalue weighted by Crippen LogP contribution is -2.24. The third kappa shape index (κ3) is 3.67. The van der Waals surface area contributed by atoms with Crippen LogP contribution in [0.2, 0.25) is 0 Å². The summed E-state index contributed by atoms with van der Waals surface area (Å²) in [5, 5.41) is 4.00. The van der Waals surface area contributed by atoms with Crippen molar-refractivity contribution >= 4 is 22.9 Å². The van der Waals surface area contributed by atoms with Crippen LogP contribution in [0.3, 0.4) is 0 Å². The minimum absolute atomic E-state index is 0.121. The van der Waals surface area contributed by atoms with E-state index >= 15 is 0 Å². The Bertz CT molecular complexity index is 218. The molecule has 4 nitrogen and oxygen atoms in total. The number of esters is 1. The third-order valence-corrected chi connectivity index (χ3v) is 2.68. The average Bonchev–Trinajstić information content (AvgIpc) is 2.49. The van der Waals surface area contributed by atoms with E-state index in [-0.39, 0.29) is 12.5 Å². The Hall–Kier alpha value is -0.710. The van der Waals surface area contributed by atoms with Crippen LogP contribution < -0.4 is 5.32 Å². The smallest absolute Gasteiger partial charge is 0.327 e. The maximum atomic E-state index is 10.9. The van der Waals surface area contributed by atoms with E-state index in [1.54, 1.807) is 18.7 Å². The first-order chi connectivity index (χ1) is 6.22. The molecule has 0 radical (unpaired) electrons. The van der Waals surface area contributed by atoms with Crippen molar-refractivity contribution in [3.05, 3.63) is 0 Å². The summed E-state index contributed by atoms with van der Waals surface area (Å²) in [6, 6.07) is 0.450. The summed E-state index contributed by atoms with van der Waals surface area (Å²) in [6.45, 7) is 4.41. The molecule has 1 unspecified atom stereocenters. The van der Waals surface area contributed by atoms with Crippen molar-refractivity contribution < 1.29 is 9.53 Å². The molecule has 1 atom stereocenters. The number of rotatable bonds is 3. The van der Waals surface area contributed by atoms with Crippen molar-refractivity contribution in [3.63, 3.8) is 0 Å². The second-order valence-electron chi connectivity index (χ2n) is 2.78. The SMILES string of the molecule is CCOC(=O)CN=C1NC(C)CS1. The topological polar surface area (TPSA) is 50.7 Å². The molecule has 1 rings (SSSR count). The van der Waals surface area contributed by atoms with Crippen LogP contribution in [0.1, 0.15) is 13.8 Å². The molecule has 5 heteroatoms. The molecular formula is C8H14N2O2S. The Morgan fingerprint density at radius 2 is 2.62 bits per heavy atom. The molecule has 1 N–H and O–H groups in total. The van der Waals surface area contributed by atoms with Crippen LogP contribution in [0.5, 0.6) is 0 Å². The van der Waals surface area contributed by atoms with Crippen molar-refractivity contribution in [1.29, 1.82) is 0 Å². The van der Waals surface area contributed by atoms with Gasteiger partial charge in [-0.1, -0.05) is 11.8 Å². The fourth-order valence-corrected chi connectivity index (χ4v) is 1.86. The van der Waals surface area contributed by atoms with Crippen molar-refractivity contribution in [2.75, 3.05) is 18.9 Å². The molecule has 0 aromatic rings. The highest BCUT2D eigenvalue weighted by Gasteiger charge is 2.15. The van der Waals surface area contributed by atoms with Crippen molar-refractivity contribution in [2.45, 2.75) is 19.9 Å². The van der Waals surface area contributed by atoms with Gasteiger partial charge >= 0.3 is 5.97 Å². The van der Waals surface area contributed by atoms with Gasteiger partial charge in [-0.2, -0.15) is 0 Å². The first-order valence-electron chi connectivity index (χ1n) is 4.31. The minimum atomic E-state index is -0.267. The second kappa shape index (κ2) is 5.11. The number of carbonyl (C=O) groups excluding carboxylic acids is 1. The zero-order chi connectivity index (χ0) is 9.68. The molecule has 1 aliphatic heterocycles. The molecule has 1 saturated heterocycles. The number of ether oxygens (including phenoxy) is 1. The molecule has 0 aliphatic carbocycles. The van der Waals surface area contributed by atoms with E-state index in [2.05, 4.69) is 17.2 Å². The summed E-state index contributed by atoms with van der Waals surface area (Å²) < 4.78 is 4.75. The lowest BCUT2D eigenvalue weighted by molar-refractivity contribution is -0.141. The van der Waals surface area contributed by atoms with E-state index in [1.165, 1.54) is 0 Å². The fraction of sp³-hybridized carbons (Fsp3) is 0.750. The molecule has 13 heavy (non-hydrogen) atoms. The van der Waals surface area contributed by atoms with Crippen molar-refractivity contribution in [3.8, 4) is 0 Å². The van der Waals surface area contributed by atoms with E-state index in [4.69, 9.17) is 4.74 Å². The van der Waals surface area contributed by atoms with Gasteiger partial charge in [-0.05, 0) is 13.8 Å². The minimum Gasteiger partial charge on any atom is -0.465 e. The molecule has 0 spiro atoms. The number of thioether (sulfide) groups is 1. The highest BCUT2D eigenvalue weighted by Crippen LogP contribution is 2.12. The number of aliphatic imine (C=N–C) groups is 1. The molecule has 74 valence electrons. The third-order valence-electron chi connectivity index (χ3n) is 1.50. The standard InChI is InChI=1S/C8H14N2O2S/c1-3-12-7(11)4-9-8-10-6(2)5-13-8/h6H,3-5H2,1-2H3,(H,9,10). The van der Waals surface area contributed by atoms with Crippen LogP contribution in [0, 0.1) is 0 Å². The average molecular weight is 202 g/mol. The summed E-state index contributed by atoms with van der Waals surface area (Å²) in [7, 11) is 0. The zero-order valence-corrected chi connectivity index (χ0v) is 8.69. The van der Waals surface area contributed by atoms with Crippen molar-refractivity contribution in [1.82, 2.24) is 5.32 Å². The van der Waals surface area contributed by atoms with Crippen LogP contribution in [0.25, 0.3) is 0 Å². The van der Waals surface area contributed by atoms with Gasteiger partial charge in [0.05, 0.1) is 6.61 Å². The van der Waals surface area contributed by atoms with E-state index in [9.17, 15) is 4.79 Å². The molecule has 0 bridgehead atoms. The van der Waals surface area contributed by atoms with E-state index < -0.39 is 0 Å². The van der Waals surface area contributed by atoms with Crippen LogP contribution in [-0.4, -0.2) is 36.1 Å². The lowest BCUT2D eigenvalue weighted by Gasteiger charge is -2.01. The highest BCUT2D eigenvalue weighted by atomic mass is 32.2. The van der Waals surface area contributed by atoms with Gasteiger partial charge < -0.3 is 10.1 Å². The molecule has 1 fully saturated rings. The summed E-state index contributed by atoms with van der Waals surface area (Å²) in [5.74, 6) is 0.749. The Labute approximate surface area is 82.1 Å². The fourth-order valence-electron chi connectivity index (χ4n) is 0.932. The maximum absolute atomic E-state index is 10.9. The van der Waals surface area contributed by atoms with Crippen LogP contribution >= 0.6 is 11.8 Å². The first-order valence-corrected chi connectivity index (χ1v) is 5.30. The molecule has 1 heterocycles. The lowest BCUT2D eigenvalue weighted by atomic mass is 10.4. The number of hydrogen-bond acceptors (Lipinski definition) is 4. The van der Waals surface area contributed by atoms with Gasteiger partial charge in [-0.25, -0.2) is 0 Å². The molecule has 0 aromatic heterocycles. The Balaban J connectivity index is 2.27. The maximum Gasteiger partial charge on any atom is 0.327 e. The van der Waals surface area contributed by atoms with Gasteiger partial charge in [0.15, 0.2) is 5.17 Å². The van der Waals surface area contributed by atoms with E-state index in [0.29, 0.717) is 12.6 Å². The van der Waals surface area contributed by atoms with Crippen LogP contribution in [-0.2, 0) is 9.53 Å². The van der Waals surface area contributed by atoms with E-state index in [0.717, 1.165) is 10.9 Å². The highest BCUT2D eigenvalue weighted by molar-refractivity contribution is 8.14. The molecular weight excluding hydrogens is 188 g/mol. The predicted molar refractivity (Wildman–Crippen MR) is 54.0 cm³/mol. The number of hydrogen-bond donors (Lipinski definition) is 1. The number of carbonyl (C=O) groups is 1. The Morgan fingerprint density at radius 1 is 1.85 bits per heavy atom. The second-order valence-corrected chi connectivity index (χ2v) is 3.79. The van der Waals surface area contributed by atoms with Gasteiger partial charge in [0.1, 0.15) is 6.54 Å². The largest absolute Gasteiger partial charge is 0.465 e. The molecule has 0 amide bonds. The number of amidine groups is 1. The molecule has 1 aliphatic rings. The Kier molecular flexibility index (Phi) is 4.08. The quantitative estimate of drug-likeness (QED) is 0.682. The molecule has 0 saturated carbocycles. The first kappa shape index (κ1) is 10.4. The zero-order valence-electron chi connectivity index (χ0n) is 7.87. The van der Waals surface area contributed by atoms with Gasteiger partial charge in [0, 0.05) is 11.8 Å². The van der Waals surface area contributed by atoms with Crippen molar-refractivity contribution in [2.24, 2.45) is 4.99 Å².